The summed E-state index contributed by atoms with van der Waals surface area (Å²) in [5.41, 5.74) is 0. The van der Waals surface area contributed by atoms with Gasteiger partial charge in [-0.1, -0.05) is 250 Å². The summed E-state index contributed by atoms with van der Waals surface area (Å²) in [5.74, 6) is -0.281. The van der Waals surface area contributed by atoms with Gasteiger partial charge in [0.2, 0.25) is 5.91 Å². The van der Waals surface area contributed by atoms with Gasteiger partial charge in [0.1, 0.15) is 0 Å². The van der Waals surface area contributed by atoms with Crippen LogP contribution in [0.1, 0.15) is 271 Å². The van der Waals surface area contributed by atoms with E-state index in [1.54, 1.807) is 0 Å². The number of rotatable bonds is 46. The standard InChI is InChI=1S/C51H99NO4/c1-3-5-7-9-11-13-15-17-19-21-23-24-25-27-29-31-33-35-37-39-41-43-45-50(55)49(47-53)52-51(56)46-48(54)44-42-40-38-36-34-32-30-28-26-22-20-18-16-14-12-10-8-6-4-2/h6,8,12,14,48-50,53-55H,3-5,7,9-11,13,15-47H2,1-2H3,(H,52,56)/b8-6-,14-12-. The fourth-order valence-electron chi connectivity index (χ4n) is 7.97. The van der Waals surface area contributed by atoms with Crippen LogP contribution in [0.2, 0.25) is 0 Å². The van der Waals surface area contributed by atoms with Gasteiger partial charge in [-0.2, -0.15) is 0 Å². The molecule has 0 rings (SSSR count). The highest BCUT2D eigenvalue weighted by atomic mass is 16.3. The minimum Gasteiger partial charge on any atom is -0.394 e. The van der Waals surface area contributed by atoms with Crippen molar-refractivity contribution in [2.45, 2.75) is 289 Å². The van der Waals surface area contributed by atoms with E-state index in [-0.39, 0.29) is 18.9 Å². The van der Waals surface area contributed by atoms with E-state index >= 15 is 0 Å². The van der Waals surface area contributed by atoms with E-state index in [0.29, 0.717) is 12.8 Å². The molecule has 3 unspecified atom stereocenters. The first-order valence-electron chi connectivity index (χ1n) is 25.1. The minimum atomic E-state index is -0.748. The van der Waals surface area contributed by atoms with Crippen LogP contribution in [0.3, 0.4) is 0 Å². The number of allylic oxidation sites excluding steroid dienone is 4. The maximum absolute atomic E-state index is 12.5. The summed E-state index contributed by atoms with van der Waals surface area (Å²) in [6.07, 6.45) is 57.4. The predicted octanol–water partition coefficient (Wildman–Crippen LogP) is 14.9. The molecule has 4 N–H and O–H groups in total. The van der Waals surface area contributed by atoms with Gasteiger partial charge < -0.3 is 20.6 Å². The molecule has 0 aromatic carbocycles. The lowest BCUT2D eigenvalue weighted by molar-refractivity contribution is -0.125. The third-order valence-electron chi connectivity index (χ3n) is 11.8. The normalized spacial score (nSPS) is 13.6. The molecule has 0 saturated carbocycles. The van der Waals surface area contributed by atoms with Gasteiger partial charge in [0, 0.05) is 0 Å². The van der Waals surface area contributed by atoms with E-state index in [9.17, 15) is 20.1 Å². The van der Waals surface area contributed by atoms with Crippen molar-refractivity contribution in [2.24, 2.45) is 0 Å². The Morgan fingerprint density at radius 1 is 0.464 bits per heavy atom. The molecule has 5 nitrogen and oxygen atoms in total. The maximum Gasteiger partial charge on any atom is 0.222 e. The van der Waals surface area contributed by atoms with Crippen LogP contribution in [0.4, 0.5) is 0 Å². The Balaban J connectivity index is 3.55. The van der Waals surface area contributed by atoms with Gasteiger partial charge in [0.25, 0.3) is 0 Å². The molecule has 0 aromatic rings. The number of amides is 1. The lowest BCUT2D eigenvalue weighted by Crippen LogP contribution is -2.46. The molecule has 0 fully saturated rings. The molecule has 0 saturated heterocycles. The first kappa shape index (κ1) is 54.8. The van der Waals surface area contributed by atoms with E-state index in [1.807, 2.05) is 0 Å². The van der Waals surface area contributed by atoms with Crippen LogP contribution in [0, 0.1) is 0 Å². The Morgan fingerprint density at radius 2 is 0.821 bits per heavy atom. The molecule has 1 amide bonds. The Morgan fingerprint density at radius 3 is 1.21 bits per heavy atom. The van der Waals surface area contributed by atoms with Crippen molar-refractivity contribution in [1.82, 2.24) is 5.32 Å². The third-order valence-corrected chi connectivity index (χ3v) is 11.8. The van der Waals surface area contributed by atoms with Crippen molar-refractivity contribution in [3.8, 4) is 0 Å². The summed E-state index contributed by atoms with van der Waals surface area (Å²) in [7, 11) is 0. The maximum atomic E-state index is 12.5. The molecule has 0 bridgehead atoms. The summed E-state index contributed by atoms with van der Waals surface area (Å²) >= 11 is 0. The van der Waals surface area contributed by atoms with Gasteiger partial charge >= 0.3 is 0 Å². The molecule has 5 heteroatoms. The van der Waals surface area contributed by atoms with Crippen molar-refractivity contribution in [3.63, 3.8) is 0 Å². The van der Waals surface area contributed by atoms with Crippen molar-refractivity contribution in [3.05, 3.63) is 24.3 Å². The first-order valence-corrected chi connectivity index (χ1v) is 25.1. The van der Waals surface area contributed by atoms with Crippen LogP contribution < -0.4 is 5.32 Å². The van der Waals surface area contributed by atoms with Crippen LogP contribution in [-0.4, -0.2) is 46.1 Å². The smallest absolute Gasteiger partial charge is 0.222 e. The minimum absolute atomic E-state index is 0.0377. The third kappa shape index (κ3) is 42.4. The Labute approximate surface area is 350 Å². The monoisotopic (exact) mass is 790 g/mol. The second-order valence-corrected chi connectivity index (χ2v) is 17.4. The lowest BCUT2D eigenvalue weighted by atomic mass is 10.0. The van der Waals surface area contributed by atoms with Gasteiger partial charge in [-0.15, -0.1) is 0 Å². The van der Waals surface area contributed by atoms with E-state index in [1.165, 1.54) is 199 Å². The number of carbonyl (C=O) groups is 1. The summed E-state index contributed by atoms with van der Waals surface area (Å²) in [4.78, 5) is 12.5. The zero-order valence-corrected chi connectivity index (χ0v) is 37.8. The first-order chi connectivity index (χ1) is 27.5. The zero-order chi connectivity index (χ0) is 40.8. The highest BCUT2D eigenvalue weighted by Crippen LogP contribution is 2.17. The van der Waals surface area contributed by atoms with E-state index in [2.05, 4.69) is 43.5 Å². The zero-order valence-electron chi connectivity index (χ0n) is 37.8. The number of aliphatic hydroxyl groups excluding tert-OH is 3. The largest absolute Gasteiger partial charge is 0.394 e. The van der Waals surface area contributed by atoms with E-state index < -0.39 is 18.2 Å². The second-order valence-electron chi connectivity index (χ2n) is 17.4. The number of unbranched alkanes of at least 4 members (excludes halogenated alkanes) is 33. The quantitative estimate of drug-likeness (QED) is 0.0365. The lowest BCUT2D eigenvalue weighted by Gasteiger charge is -2.23. The number of nitrogens with one attached hydrogen (secondary N) is 1. The highest BCUT2D eigenvalue weighted by Gasteiger charge is 2.21. The molecule has 0 spiro atoms. The van der Waals surface area contributed by atoms with Crippen LogP contribution in [0.25, 0.3) is 0 Å². The van der Waals surface area contributed by atoms with Crippen molar-refractivity contribution < 1.29 is 20.1 Å². The topological polar surface area (TPSA) is 89.8 Å². The Kier molecular flexibility index (Phi) is 45.5. The van der Waals surface area contributed by atoms with Crippen LogP contribution in [0.5, 0.6) is 0 Å². The van der Waals surface area contributed by atoms with Crippen molar-refractivity contribution in [2.75, 3.05) is 6.61 Å². The van der Waals surface area contributed by atoms with Gasteiger partial charge in [-0.3, -0.25) is 4.79 Å². The van der Waals surface area contributed by atoms with Gasteiger partial charge in [-0.05, 0) is 38.5 Å². The van der Waals surface area contributed by atoms with Crippen molar-refractivity contribution in [1.29, 1.82) is 0 Å². The van der Waals surface area contributed by atoms with Crippen LogP contribution in [-0.2, 0) is 4.79 Å². The Hall–Kier alpha value is -1.17. The fourth-order valence-corrected chi connectivity index (χ4v) is 7.97. The molecule has 0 aromatic heterocycles. The van der Waals surface area contributed by atoms with Crippen LogP contribution in [0.15, 0.2) is 24.3 Å². The average molecular weight is 790 g/mol. The summed E-state index contributed by atoms with van der Waals surface area (Å²) in [6, 6.07) is -0.657. The molecule has 0 radical (unpaired) electrons. The molecular weight excluding hydrogens is 691 g/mol. The fraction of sp³-hybridized carbons (Fsp3) is 0.902. The molecule has 332 valence electrons. The molecule has 0 aliphatic heterocycles. The second kappa shape index (κ2) is 46.5. The number of aliphatic hydroxyl groups is 3. The molecule has 0 heterocycles. The number of hydrogen-bond donors (Lipinski definition) is 4. The van der Waals surface area contributed by atoms with E-state index in [0.717, 1.165) is 38.5 Å². The number of carbonyl (C=O) groups excluding carboxylic acids is 1. The average Bonchev–Trinajstić information content (AvgIpc) is 3.19. The predicted molar refractivity (Wildman–Crippen MR) is 245 cm³/mol. The summed E-state index contributed by atoms with van der Waals surface area (Å²) in [5, 5.41) is 33.5. The number of hydrogen-bond acceptors (Lipinski definition) is 4. The van der Waals surface area contributed by atoms with Gasteiger partial charge in [-0.25, -0.2) is 0 Å². The summed E-state index contributed by atoms with van der Waals surface area (Å²) in [6.45, 7) is 4.19. The van der Waals surface area contributed by atoms with Crippen molar-refractivity contribution >= 4 is 5.91 Å². The van der Waals surface area contributed by atoms with E-state index in [4.69, 9.17) is 0 Å². The SMILES string of the molecule is CC/C=C\C/C=C\CCCCCCCCCCCCCCC(O)CC(=O)NC(CO)C(O)CCCCCCCCCCCCCCCCCCCCCCCC. The van der Waals surface area contributed by atoms with Gasteiger partial charge in [0.05, 0.1) is 31.3 Å². The Bertz CT molecular complexity index is 829. The molecule has 56 heavy (non-hydrogen) atoms. The summed E-state index contributed by atoms with van der Waals surface area (Å²) < 4.78 is 0. The molecule has 0 aliphatic carbocycles. The highest BCUT2D eigenvalue weighted by molar-refractivity contribution is 5.76. The molecule has 3 atom stereocenters. The molecular formula is C51H99NO4. The van der Waals surface area contributed by atoms with Crippen LogP contribution >= 0.6 is 0 Å². The molecule has 0 aliphatic rings. The van der Waals surface area contributed by atoms with Gasteiger partial charge in [0.15, 0.2) is 0 Å².